The van der Waals surface area contributed by atoms with Crippen molar-refractivity contribution in [3.8, 4) is 0 Å². The van der Waals surface area contributed by atoms with Crippen LogP contribution >= 0.6 is 0 Å². The van der Waals surface area contributed by atoms with Crippen molar-refractivity contribution in [1.29, 1.82) is 0 Å². The van der Waals surface area contributed by atoms with Crippen LogP contribution in [0.2, 0.25) is 0 Å². The highest BCUT2D eigenvalue weighted by atomic mass is 15.4. The zero-order chi connectivity index (χ0) is 13.2. The van der Waals surface area contributed by atoms with Gasteiger partial charge in [0.1, 0.15) is 0 Å². The molecule has 0 amide bonds. The minimum atomic E-state index is 0.289. The van der Waals surface area contributed by atoms with Crippen LogP contribution in [0.1, 0.15) is 45.2 Å². The predicted molar refractivity (Wildman–Crippen MR) is 71.6 cm³/mol. The summed E-state index contributed by atoms with van der Waals surface area (Å²) in [5.41, 5.74) is 4.38. The number of aryl methyl sites for hydroxylation is 1. The molecule has 5 nitrogen and oxygen atoms in total. The number of nitrogens with one attached hydrogen (secondary N) is 1. The molecule has 0 aromatic carbocycles. The second-order valence-corrected chi connectivity index (χ2v) is 6.20. The van der Waals surface area contributed by atoms with Crippen LogP contribution in [-0.4, -0.2) is 21.0 Å². The number of hydrogen-bond donors (Lipinski definition) is 2. The average molecular weight is 251 g/mol. The first-order chi connectivity index (χ1) is 8.53. The molecule has 18 heavy (non-hydrogen) atoms. The molecule has 2 atom stereocenters. The first-order valence-electron chi connectivity index (χ1n) is 6.84. The Morgan fingerprint density at radius 1 is 1.56 bits per heavy atom. The lowest BCUT2D eigenvalue weighted by molar-refractivity contribution is 0.0978. The van der Waals surface area contributed by atoms with E-state index in [9.17, 15) is 0 Å². The minimum Gasteiger partial charge on any atom is -0.271 e. The molecule has 0 saturated heterocycles. The van der Waals surface area contributed by atoms with Crippen molar-refractivity contribution in [1.82, 2.24) is 20.4 Å². The van der Waals surface area contributed by atoms with Gasteiger partial charge in [-0.3, -0.25) is 16.0 Å². The maximum atomic E-state index is 5.77. The third-order valence-corrected chi connectivity index (χ3v) is 4.37. The van der Waals surface area contributed by atoms with Gasteiger partial charge in [-0.25, -0.2) is 0 Å². The zero-order valence-corrected chi connectivity index (χ0v) is 11.7. The summed E-state index contributed by atoms with van der Waals surface area (Å²) in [4.78, 5) is 0. The van der Waals surface area contributed by atoms with Crippen molar-refractivity contribution < 1.29 is 0 Å². The number of nitrogens with two attached hydrogens (primary N) is 1. The third-order valence-electron chi connectivity index (χ3n) is 4.37. The molecule has 2 unspecified atom stereocenters. The number of aromatic nitrogens is 3. The Bertz CT molecular complexity index is 384. The standard InChI is InChI=1S/C13H25N5/c1-13(2)7-5-4-6-11(13)12(15-14)8-10-9-18(3)17-16-10/h9,11-12,15H,4-8,14H2,1-3H3. The summed E-state index contributed by atoms with van der Waals surface area (Å²) in [7, 11) is 1.89. The van der Waals surface area contributed by atoms with Gasteiger partial charge in [-0.15, -0.1) is 5.10 Å². The van der Waals surface area contributed by atoms with Crippen LogP contribution in [0.5, 0.6) is 0 Å². The summed E-state index contributed by atoms with van der Waals surface area (Å²) >= 11 is 0. The summed E-state index contributed by atoms with van der Waals surface area (Å²) < 4.78 is 1.74. The molecule has 1 aliphatic rings. The van der Waals surface area contributed by atoms with Crippen molar-refractivity contribution in [2.24, 2.45) is 24.2 Å². The highest BCUT2D eigenvalue weighted by molar-refractivity contribution is 5.00. The fourth-order valence-electron chi connectivity index (χ4n) is 3.30. The van der Waals surface area contributed by atoms with E-state index in [1.54, 1.807) is 4.68 Å². The molecular weight excluding hydrogens is 226 g/mol. The van der Waals surface area contributed by atoms with Crippen LogP contribution in [0.4, 0.5) is 0 Å². The Kier molecular flexibility index (Phi) is 4.02. The largest absolute Gasteiger partial charge is 0.271 e. The van der Waals surface area contributed by atoms with Gasteiger partial charge in [-0.1, -0.05) is 31.9 Å². The number of rotatable bonds is 4. The summed E-state index contributed by atoms with van der Waals surface area (Å²) in [6.45, 7) is 4.72. The fourth-order valence-corrected chi connectivity index (χ4v) is 3.30. The summed E-state index contributed by atoms with van der Waals surface area (Å²) in [6.07, 6.45) is 8.02. The molecule has 0 aliphatic heterocycles. The van der Waals surface area contributed by atoms with E-state index in [1.165, 1.54) is 25.7 Å². The van der Waals surface area contributed by atoms with Gasteiger partial charge in [0.05, 0.1) is 5.69 Å². The molecule has 0 bridgehead atoms. The Morgan fingerprint density at radius 3 is 2.89 bits per heavy atom. The highest BCUT2D eigenvalue weighted by Gasteiger charge is 2.37. The Hall–Kier alpha value is -0.940. The molecule has 1 aromatic heterocycles. The van der Waals surface area contributed by atoms with Gasteiger partial charge >= 0.3 is 0 Å². The molecule has 1 saturated carbocycles. The van der Waals surface area contributed by atoms with Crippen LogP contribution in [0.25, 0.3) is 0 Å². The summed E-state index contributed by atoms with van der Waals surface area (Å²) in [5.74, 6) is 6.38. The average Bonchev–Trinajstić information content (AvgIpc) is 2.72. The first-order valence-corrected chi connectivity index (χ1v) is 6.84. The Labute approximate surface area is 109 Å². The number of hydrogen-bond acceptors (Lipinski definition) is 4. The molecule has 5 heteroatoms. The van der Waals surface area contributed by atoms with Crippen molar-refractivity contribution in [2.45, 2.75) is 52.0 Å². The monoisotopic (exact) mass is 251 g/mol. The second-order valence-electron chi connectivity index (χ2n) is 6.20. The van der Waals surface area contributed by atoms with Gasteiger partial charge in [0.15, 0.2) is 0 Å². The zero-order valence-electron chi connectivity index (χ0n) is 11.7. The van der Waals surface area contributed by atoms with Gasteiger partial charge in [0.25, 0.3) is 0 Å². The normalized spacial score (nSPS) is 25.0. The van der Waals surface area contributed by atoms with E-state index in [2.05, 4.69) is 29.6 Å². The highest BCUT2D eigenvalue weighted by Crippen LogP contribution is 2.42. The number of nitrogens with zero attached hydrogens (tertiary/aromatic N) is 3. The van der Waals surface area contributed by atoms with Gasteiger partial charge in [-0.05, 0) is 24.2 Å². The molecule has 1 heterocycles. The van der Waals surface area contributed by atoms with Gasteiger partial charge in [0.2, 0.25) is 0 Å². The minimum absolute atomic E-state index is 0.289. The fraction of sp³-hybridized carbons (Fsp3) is 0.846. The number of hydrazine groups is 1. The van der Waals surface area contributed by atoms with E-state index >= 15 is 0 Å². The SMILES string of the molecule is Cn1cc(CC(NN)C2CCCCC2(C)C)nn1. The molecule has 2 rings (SSSR count). The third kappa shape index (κ3) is 2.90. The lowest BCUT2D eigenvalue weighted by Gasteiger charge is -2.43. The van der Waals surface area contributed by atoms with Crippen LogP contribution in [0.3, 0.4) is 0 Å². The molecule has 1 fully saturated rings. The van der Waals surface area contributed by atoms with Crippen LogP contribution < -0.4 is 11.3 Å². The van der Waals surface area contributed by atoms with Crippen LogP contribution in [0.15, 0.2) is 6.20 Å². The van der Waals surface area contributed by atoms with E-state index in [0.717, 1.165) is 12.1 Å². The quantitative estimate of drug-likeness (QED) is 0.627. The van der Waals surface area contributed by atoms with E-state index in [4.69, 9.17) is 5.84 Å². The van der Waals surface area contributed by atoms with Crippen LogP contribution in [0, 0.1) is 11.3 Å². The van der Waals surface area contributed by atoms with Crippen molar-refractivity contribution in [2.75, 3.05) is 0 Å². The lowest BCUT2D eigenvalue weighted by atomic mass is 9.65. The van der Waals surface area contributed by atoms with Gasteiger partial charge in [-0.2, -0.15) is 0 Å². The molecule has 1 aromatic rings. The first kappa shape index (κ1) is 13.5. The second kappa shape index (κ2) is 5.36. The van der Waals surface area contributed by atoms with Crippen molar-refractivity contribution >= 4 is 0 Å². The molecule has 3 N–H and O–H groups in total. The van der Waals surface area contributed by atoms with E-state index in [1.807, 2.05) is 13.2 Å². The Morgan fingerprint density at radius 2 is 2.33 bits per heavy atom. The van der Waals surface area contributed by atoms with E-state index in [-0.39, 0.29) is 6.04 Å². The maximum Gasteiger partial charge on any atom is 0.0843 e. The molecule has 0 spiro atoms. The van der Waals surface area contributed by atoms with E-state index in [0.29, 0.717) is 11.3 Å². The van der Waals surface area contributed by atoms with Gasteiger partial charge in [0, 0.05) is 25.7 Å². The summed E-state index contributed by atoms with van der Waals surface area (Å²) in [6, 6.07) is 0.289. The molecule has 1 aliphatic carbocycles. The smallest absolute Gasteiger partial charge is 0.0843 e. The molecule has 102 valence electrons. The van der Waals surface area contributed by atoms with Crippen molar-refractivity contribution in [3.05, 3.63) is 11.9 Å². The van der Waals surface area contributed by atoms with E-state index < -0.39 is 0 Å². The van der Waals surface area contributed by atoms with Gasteiger partial charge < -0.3 is 0 Å². The van der Waals surface area contributed by atoms with Crippen molar-refractivity contribution in [3.63, 3.8) is 0 Å². The van der Waals surface area contributed by atoms with Crippen LogP contribution in [-0.2, 0) is 13.5 Å². The predicted octanol–water partition coefficient (Wildman–Crippen LogP) is 1.41. The topological polar surface area (TPSA) is 68.8 Å². The Balaban J connectivity index is 2.07. The lowest BCUT2D eigenvalue weighted by Crippen LogP contribution is -2.48. The molecule has 0 radical (unpaired) electrons. The maximum absolute atomic E-state index is 5.77. The molecular formula is C13H25N5. The summed E-state index contributed by atoms with van der Waals surface area (Å²) in [5, 5.41) is 8.15.